The zero-order chi connectivity index (χ0) is 12.3. The summed E-state index contributed by atoms with van der Waals surface area (Å²) in [5.74, 6) is 0. The number of aryl methyl sites for hydroxylation is 1. The minimum atomic E-state index is 0.142. The second-order valence-corrected chi connectivity index (χ2v) is 4.84. The van der Waals surface area contributed by atoms with Gasteiger partial charge < -0.3 is 15.3 Å². The summed E-state index contributed by atoms with van der Waals surface area (Å²) in [6, 6.07) is 9.29. The summed E-state index contributed by atoms with van der Waals surface area (Å²) in [4.78, 5) is 2.41. The summed E-state index contributed by atoms with van der Waals surface area (Å²) in [7, 11) is 1.90. The van der Waals surface area contributed by atoms with Crippen LogP contribution in [0.3, 0.4) is 0 Å². The van der Waals surface area contributed by atoms with Crippen LogP contribution in [-0.4, -0.2) is 37.4 Å². The van der Waals surface area contributed by atoms with E-state index in [4.69, 9.17) is 0 Å². The van der Waals surface area contributed by atoms with E-state index in [2.05, 4.69) is 41.4 Å². The van der Waals surface area contributed by atoms with Gasteiger partial charge in [-0.1, -0.05) is 18.2 Å². The first-order valence-corrected chi connectivity index (χ1v) is 6.39. The lowest BCUT2D eigenvalue weighted by Crippen LogP contribution is -2.47. The lowest BCUT2D eigenvalue weighted by Gasteiger charge is -2.39. The average Bonchev–Trinajstić information content (AvgIpc) is 2.38. The van der Waals surface area contributed by atoms with Gasteiger partial charge in [0.2, 0.25) is 0 Å². The third-order valence-electron chi connectivity index (χ3n) is 3.71. The molecule has 0 bridgehead atoms. The van der Waals surface area contributed by atoms with Crippen LogP contribution < -0.4 is 10.2 Å². The number of anilines is 1. The molecule has 0 aliphatic carbocycles. The average molecular weight is 234 g/mol. The van der Waals surface area contributed by atoms with Crippen molar-refractivity contribution in [2.75, 3.05) is 25.1 Å². The Morgan fingerprint density at radius 1 is 1.47 bits per heavy atom. The zero-order valence-electron chi connectivity index (χ0n) is 10.7. The summed E-state index contributed by atoms with van der Waals surface area (Å²) in [6.45, 7) is 3.31. The van der Waals surface area contributed by atoms with Gasteiger partial charge in [0, 0.05) is 24.3 Å². The highest BCUT2D eigenvalue weighted by Crippen LogP contribution is 2.30. The normalized spacial score (nSPS) is 21.1. The van der Waals surface area contributed by atoms with Crippen LogP contribution in [0.25, 0.3) is 0 Å². The van der Waals surface area contributed by atoms with Crippen LogP contribution >= 0.6 is 0 Å². The number of aliphatic hydroxyl groups excluding tert-OH is 1. The second kappa shape index (κ2) is 5.52. The quantitative estimate of drug-likeness (QED) is 0.827. The molecule has 0 saturated carbocycles. The molecule has 17 heavy (non-hydrogen) atoms. The molecule has 94 valence electrons. The van der Waals surface area contributed by atoms with Gasteiger partial charge in [0.1, 0.15) is 0 Å². The highest BCUT2D eigenvalue weighted by molar-refractivity contribution is 5.56. The van der Waals surface area contributed by atoms with E-state index in [1.807, 2.05) is 7.05 Å². The van der Waals surface area contributed by atoms with Crippen molar-refractivity contribution in [3.8, 4) is 0 Å². The van der Waals surface area contributed by atoms with Crippen LogP contribution in [0.1, 0.15) is 18.9 Å². The molecule has 0 fully saturated rings. The SMILES string of the molecule is CNC(CO)CN1c2ccccc2CCC1C. The molecule has 2 atom stereocenters. The summed E-state index contributed by atoms with van der Waals surface area (Å²) < 4.78 is 0. The molecule has 0 saturated heterocycles. The molecule has 3 heteroatoms. The molecule has 2 rings (SSSR count). The molecule has 1 heterocycles. The van der Waals surface area contributed by atoms with E-state index in [9.17, 15) is 5.11 Å². The van der Waals surface area contributed by atoms with E-state index >= 15 is 0 Å². The fraction of sp³-hybridized carbons (Fsp3) is 0.571. The third-order valence-corrected chi connectivity index (χ3v) is 3.71. The molecule has 1 aliphatic heterocycles. The number of likely N-dealkylation sites (N-methyl/N-ethyl adjacent to an activating group) is 1. The fourth-order valence-corrected chi connectivity index (χ4v) is 2.52. The Bertz CT molecular complexity index is 363. The number of aliphatic hydroxyl groups is 1. The molecule has 1 aromatic rings. The highest BCUT2D eigenvalue weighted by atomic mass is 16.3. The van der Waals surface area contributed by atoms with Gasteiger partial charge in [-0.15, -0.1) is 0 Å². The third kappa shape index (κ3) is 2.61. The van der Waals surface area contributed by atoms with E-state index in [1.54, 1.807) is 0 Å². The number of hydrogen-bond acceptors (Lipinski definition) is 3. The van der Waals surface area contributed by atoms with E-state index in [-0.39, 0.29) is 12.6 Å². The Morgan fingerprint density at radius 3 is 2.94 bits per heavy atom. The molecule has 0 radical (unpaired) electrons. The summed E-state index contributed by atoms with van der Waals surface area (Å²) in [6.07, 6.45) is 2.36. The van der Waals surface area contributed by atoms with Crippen LogP contribution in [0.15, 0.2) is 24.3 Å². The van der Waals surface area contributed by atoms with Crippen molar-refractivity contribution in [3.05, 3.63) is 29.8 Å². The molecule has 0 aromatic heterocycles. The lowest BCUT2D eigenvalue weighted by molar-refractivity contribution is 0.247. The number of rotatable bonds is 4. The number of nitrogens with zero attached hydrogens (tertiary/aromatic N) is 1. The minimum absolute atomic E-state index is 0.142. The number of fused-ring (bicyclic) bond motifs is 1. The number of hydrogen-bond donors (Lipinski definition) is 2. The van der Waals surface area contributed by atoms with Crippen LogP contribution in [0.5, 0.6) is 0 Å². The first kappa shape index (κ1) is 12.4. The Morgan fingerprint density at radius 2 is 2.24 bits per heavy atom. The Kier molecular flexibility index (Phi) is 4.02. The predicted octanol–water partition coefficient (Wildman–Crippen LogP) is 1.41. The second-order valence-electron chi connectivity index (χ2n) is 4.84. The van der Waals surface area contributed by atoms with Gasteiger partial charge in [0.05, 0.1) is 6.61 Å². The minimum Gasteiger partial charge on any atom is -0.395 e. The molecule has 3 nitrogen and oxygen atoms in total. The standard InChI is InChI=1S/C14H22N2O/c1-11-7-8-12-5-3-4-6-14(12)16(11)9-13(10-17)15-2/h3-6,11,13,15,17H,7-10H2,1-2H3. The maximum atomic E-state index is 9.30. The molecule has 2 unspecified atom stereocenters. The smallest absolute Gasteiger partial charge is 0.0601 e. The monoisotopic (exact) mass is 234 g/mol. The maximum absolute atomic E-state index is 9.30. The molecular formula is C14H22N2O. The van der Waals surface area contributed by atoms with Crippen molar-refractivity contribution >= 4 is 5.69 Å². The van der Waals surface area contributed by atoms with E-state index in [0.29, 0.717) is 6.04 Å². The molecule has 0 spiro atoms. The van der Waals surface area contributed by atoms with Gasteiger partial charge in [0.15, 0.2) is 0 Å². The van der Waals surface area contributed by atoms with Crippen LogP contribution in [0.4, 0.5) is 5.69 Å². The van der Waals surface area contributed by atoms with Crippen LogP contribution in [0, 0.1) is 0 Å². The first-order valence-electron chi connectivity index (χ1n) is 6.39. The summed E-state index contributed by atoms with van der Waals surface area (Å²) in [5.41, 5.74) is 2.76. The van der Waals surface area contributed by atoms with E-state index in [0.717, 1.165) is 13.0 Å². The van der Waals surface area contributed by atoms with Crippen molar-refractivity contribution in [3.63, 3.8) is 0 Å². The van der Waals surface area contributed by atoms with Gasteiger partial charge in [-0.2, -0.15) is 0 Å². The molecule has 2 N–H and O–H groups in total. The Labute approximate surface area is 103 Å². The van der Waals surface area contributed by atoms with Crippen LogP contribution in [0.2, 0.25) is 0 Å². The van der Waals surface area contributed by atoms with Crippen molar-refractivity contribution < 1.29 is 5.11 Å². The molecule has 1 aliphatic rings. The lowest BCUT2D eigenvalue weighted by atomic mass is 9.96. The van der Waals surface area contributed by atoms with Gasteiger partial charge in [0.25, 0.3) is 0 Å². The number of nitrogens with one attached hydrogen (secondary N) is 1. The van der Waals surface area contributed by atoms with Gasteiger partial charge >= 0.3 is 0 Å². The molecule has 0 amide bonds. The summed E-state index contributed by atoms with van der Waals surface area (Å²) in [5, 5.41) is 12.5. The zero-order valence-corrected chi connectivity index (χ0v) is 10.7. The Balaban J connectivity index is 2.20. The summed E-state index contributed by atoms with van der Waals surface area (Å²) >= 11 is 0. The number of benzene rings is 1. The highest BCUT2D eigenvalue weighted by Gasteiger charge is 2.24. The van der Waals surface area contributed by atoms with E-state index < -0.39 is 0 Å². The Hall–Kier alpha value is -1.06. The number of para-hydroxylation sites is 1. The van der Waals surface area contributed by atoms with Crippen molar-refractivity contribution in [1.29, 1.82) is 0 Å². The molecule has 1 aromatic carbocycles. The predicted molar refractivity (Wildman–Crippen MR) is 71.5 cm³/mol. The van der Waals surface area contributed by atoms with Crippen molar-refractivity contribution in [2.45, 2.75) is 31.8 Å². The van der Waals surface area contributed by atoms with E-state index in [1.165, 1.54) is 17.7 Å². The maximum Gasteiger partial charge on any atom is 0.0601 e. The largest absolute Gasteiger partial charge is 0.395 e. The topological polar surface area (TPSA) is 35.5 Å². The van der Waals surface area contributed by atoms with Gasteiger partial charge in [-0.25, -0.2) is 0 Å². The van der Waals surface area contributed by atoms with Gasteiger partial charge in [-0.3, -0.25) is 0 Å². The van der Waals surface area contributed by atoms with Crippen molar-refractivity contribution in [1.82, 2.24) is 5.32 Å². The van der Waals surface area contributed by atoms with Crippen molar-refractivity contribution in [2.24, 2.45) is 0 Å². The fourth-order valence-electron chi connectivity index (χ4n) is 2.52. The van der Waals surface area contributed by atoms with Gasteiger partial charge in [-0.05, 0) is 38.4 Å². The first-order chi connectivity index (χ1) is 8.26. The van der Waals surface area contributed by atoms with Crippen LogP contribution in [-0.2, 0) is 6.42 Å². The molecular weight excluding hydrogens is 212 g/mol.